The van der Waals surface area contributed by atoms with Crippen LogP contribution in [-0.2, 0) is 6.54 Å². The number of thiazole rings is 1. The maximum Gasteiger partial charge on any atom is 0.260 e. The third-order valence-electron chi connectivity index (χ3n) is 4.42. The largest absolute Gasteiger partial charge is 0.278 e. The van der Waals surface area contributed by atoms with Crippen molar-refractivity contribution in [1.29, 1.82) is 0 Å². The number of hydrogen-bond donors (Lipinski definition) is 0. The van der Waals surface area contributed by atoms with Gasteiger partial charge in [-0.1, -0.05) is 35.1 Å². The van der Waals surface area contributed by atoms with Crippen molar-refractivity contribution in [3.63, 3.8) is 0 Å². The van der Waals surface area contributed by atoms with Crippen molar-refractivity contribution in [2.24, 2.45) is 0 Å². The Kier molecular flexibility index (Phi) is 5.11. The summed E-state index contributed by atoms with van der Waals surface area (Å²) in [5.41, 5.74) is 4.59. The summed E-state index contributed by atoms with van der Waals surface area (Å²) in [6.45, 7) is 4.47. The molecule has 0 aliphatic heterocycles. The van der Waals surface area contributed by atoms with Gasteiger partial charge >= 0.3 is 0 Å². The van der Waals surface area contributed by atoms with E-state index in [0.717, 1.165) is 27.0 Å². The smallest absolute Gasteiger partial charge is 0.260 e. The summed E-state index contributed by atoms with van der Waals surface area (Å²) in [6, 6.07) is 16.8. The van der Waals surface area contributed by atoms with Crippen LogP contribution in [0, 0.1) is 13.8 Å². The first-order chi connectivity index (χ1) is 13.5. The van der Waals surface area contributed by atoms with E-state index in [-0.39, 0.29) is 5.91 Å². The summed E-state index contributed by atoms with van der Waals surface area (Å²) >= 11 is 7.51. The van der Waals surface area contributed by atoms with Gasteiger partial charge in [0, 0.05) is 16.8 Å². The zero-order valence-corrected chi connectivity index (χ0v) is 17.1. The highest BCUT2D eigenvalue weighted by Crippen LogP contribution is 2.33. The first-order valence-electron chi connectivity index (χ1n) is 8.86. The van der Waals surface area contributed by atoms with Crippen molar-refractivity contribution < 1.29 is 4.79 Å². The number of carbonyl (C=O) groups is 1. The van der Waals surface area contributed by atoms with Gasteiger partial charge in [-0.15, -0.1) is 0 Å². The van der Waals surface area contributed by atoms with Gasteiger partial charge in [0.15, 0.2) is 5.13 Å². The highest BCUT2D eigenvalue weighted by molar-refractivity contribution is 7.22. The predicted molar refractivity (Wildman–Crippen MR) is 115 cm³/mol. The fourth-order valence-corrected chi connectivity index (χ4v) is 4.25. The van der Waals surface area contributed by atoms with Crippen LogP contribution in [0.15, 0.2) is 60.8 Å². The highest BCUT2D eigenvalue weighted by Gasteiger charge is 2.22. The molecule has 140 valence electrons. The van der Waals surface area contributed by atoms with E-state index in [4.69, 9.17) is 16.6 Å². The van der Waals surface area contributed by atoms with Gasteiger partial charge < -0.3 is 0 Å². The van der Waals surface area contributed by atoms with Crippen LogP contribution < -0.4 is 4.90 Å². The van der Waals surface area contributed by atoms with E-state index in [1.807, 2.05) is 24.3 Å². The molecule has 4 nitrogen and oxygen atoms in total. The third-order valence-corrected chi connectivity index (χ3v) is 5.90. The first-order valence-corrected chi connectivity index (χ1v) is 10.1. The van der Waals surface area contributed by atoms with Crippen LogP contribution in [0.3, 0.4) is 0 Å². The van der Waals surface area contributed by atoms with Gasteiger partial charge in [-0.2, -0.15) is 0 Å². The van der Waals surface area contributed by atoms with Gasteiger partial charge in [-0.05, 0) is 67.4 Å². The highest BCUT2D eigenvalue weighted by atomic mass is 35.5. The van der Waals surface area contributed by atoms with Crippen molar-refractivity contribution in [2.45, 2.75) is 20.4 Å². The Balaban J connectivity index is 1.79. The zero-order chi connectivity index (χ0) is 19.7. The second-order valence-electron chi connectivity index (χ2n) is 6.65. The average molecular weight is 408 g/mol. The quantitative estimate of drug-likeness (QED) is 0.429. The Hall–Kier alpha value is -2.76. The molecule has 0 fully saturated rings. The molecule has 0 radical (unpaired) electrons. The first kappa shape index (κ1) is 18.6. The lowest BCUT2D eigenvalue weighted by molar-refractivity contribution is 0.0985. The molecule has 28 heavy (non-hydrogen) atoms. The lowest BCUT2D eigenvalue weighted by Crippen LogP contribution is -2.30. The Morgan fingerprint density at radius 1 is 1.11 bits per heavy atom. The molecular formula is C22H18ClN3OS. The van der Waals surface area contributed by atoms with E-state index < -0.39 is 0 Å². The van der Waals surface area contributed by atoms with Crippen LogP contribution in [0.25, 0.3) is 10.2 Å². The number of carbonyl (C=O) groups excluding carboxylic acids is 1. The summed E-state index contributed by atoms with van der Waals surface area (Å²) in [5, 5.41) is 1.26. The predicted octanol–water partition coefficient (Wildman–Crippen LogP) is 5.81. The second-order valence-corrected chi connectivity index (χ2v) is 8.06. The summed E-state index contributed by atoms with van der Waals surface area (Å²) in [7, 11) is 0. The minimum Gasteiger partial charge on any atom is -0.278 e. The molecule has 6 heteroatoms. The lowest BCUT2D eigenvalue weighted by Gasteiger charge is -2.19. The lowest BCUT2D eigenvalue weighted by atomic mass is 10.1. The van der Waals surface area contributed by atoms with E-state index in [0.29, 0.717) is 22.3 Å². The van der Waals surface area contributed by atoms with Crippen LogP contribution in [0.1, 0.15) is 27.2 Å². The Morgan fingerprint density at radius 3 is 2.61 bits per heavy atom. The summed E-state index contributed by atoms with van der Waals surface area (Å²) in [5.74, 6) is -0.129. The van der Waals surface area contributed by atoms with Gasteiger partial charge in [0.25, 0.3) is 5.91 Å². The van der Waals surface area contributed by atoms with Crippen molar-refractivity contribution in [3.8, 4) is 0 Å². The van der Waals surface area contributed by atoms with E-state index in [1.54, 1.807) is 35.4 Å². The van der Waals surface area contributed by atoms with Crippen LogP contribution >= 0.6 is 22.9 Å². The average Bonchev–Trinajstić information content (AvgIpc) is 3.11. The number of hydrogen-bond acceptors (Lipinski definition) is 4. The van der Waals surface area contributed by atoms with Gasteiger partial charge in [-0.25, -0.2) is 4.98 Å². The maximum atomic E-state index is 13.3. The number of anilines is 1. The summed E-state index contributed by atoms with van der Waals surface area (Å²) in [6.07, 6.45) is 1.73. The molecule has 0 saturated carbocycles. The van der Waals surface area contributed by atoms with Gasteiger partial charge in [0.1, 0.15) is 0 Å². The van der Waals surface area contributed by atoms with Gasteiger partial charge in [0.05, 0.1) is 22.5 Å². The standard InChI is InChI=1S/C22H18ClN3OS/c1-14-11-15(2)20-19(12-14)25-22(28-20)26(13-18-5-3-4-10-24-18)21(27)16-6-8-17(23)9-7-16/h3-12H,13H2,1-2H3. The van der Waals surface area contributed by atoms with Crippen LogP contribution in [-0.4, -0.2) is 15.9 Å². The molecule has 4 aromatic rings. The normalized spacial score (nSPS) is 11.0. The zero-order valence-electron chi connectivity index (χ0n) is 15.5. The van der Waals surface area contributed by atoms with E-state index in [9.17, 15) is 4.79 Å². The number of pyridine rings is 1. The molecule has 2 aromatic carbocycles. The van der Waals surface area contributed by atoms with Crippen molar-refractivity contribution >= 4 is 44.2 Å². The molecule has 0 N–H and O–H groups in total. The SMILES string of the molecule is Cc1cc(C)c2sc(N(Cc3ccccn3)C(=O)c3ccc(Cl)cc3)nc2c1. The number of nitrogens with zero attached hydrogens (tertiary/aromatic N) is 3. The maximum absolute atomic E-state index is 13.3. The van der Waals surface area contributed by atoms with Crippen molar-refractivity contribution in [2.75, 3.05) is 4.90 Å². The Labute approximate surface area is 172 Å². The van der Waals surface area contributed by atoms with Crippen LogP contribution in [0.2, 0.25) is 5.02 Å². The molecular weight excluding hydrogens is 390 g/mol. The molecule has 0 aliphatic carbocycles. The second kappa shape index (κ2) is 7.70. The third kappa shape index (κ3) is 3.77. The molecule has 0 spiro atoms. The van der Waals surface area contributed by atoms with Crippen molar-refractivity contribution in [1.82, 2.24) is 9.97 Å². The number of fused-ring (bicyclic) bond motifs is 1. The van der Waals surface area contributed by atoms with E-state index in [2.05, 4.69) is 24.9 Å². The number of halogens is 1. The topological polar surface area (TPSA) is 46.1 Å². The van der Waals surface area contributed by atoms with Gasteiger partial charge in [-0.3, -0.25) is 14.7 Å². The molecule has 1 amide bonds. The fourth-order valence-electron chi connectivity index (χ4n) is 3.11. The Morgan fingerprint density at radius 2 is 1.89 bits per heavy atom. The number of amides is 1. The molecule has 0 aliphatic rings. The molecule has 0 atom stereocenters. The molecule has 2 heterocycles. The summed E-state index contributed by atoms with van der Waals surface area (Å²) < 4.78 is 1.09. The summed E-state index contributed by atoms with van der Waals surface area (Å²) in [4.78, 5) is 24.1. The Bertz CT molecular complexity index is 1140. The molecule has 0 bridgehead atoms. The number of benzene rings is 2. The van der Waals surface area contributed by atoms with E-state index in [1.165, 1.54) is 11.3 Å². The number of rotatable bonds is 4. The number of aromatic nitrogens is 2. The molecule has 2 aromatic heterocycles. The van der Waals surface area contributed by atoms with Gasteiger partial charge in [0.2, 0.25) is 0 Å². The minimum atomic E-state index is -0.129. The molecule has 0 unspecified atom stereocenters. The molecule has 4 rings (SSSR count). The minimum absolute atomic E-state index is 0.129. The fraction of sp³-hybridized carbons (Fsp3) is 0.136. The van der Waals surface area contributed by atoms with Crippen LogP contribution in [0.5, 0.6) is 0 Å². The van der Waals surface area contributed by atoms with Crippen LogP contribution in [0.4, 0.5) is 5.13 Å². The monoisotopic (exact) mass is 407 g/mol. The van der Waals surface area contributed by atoms with E-state index >= 15 is 0 Å². The van der Waals surface area contributed by atoms with Crippen molar-refractivity contribution in [3.05, 3.63) is 88.2 Å². The number of aryl methyl sites for hydroxylation is 2. The molecule has 0 saturated heterocycles.